The molecule has 0 atom stereocenters. The van der Waals surface area contributed by atoms with E-state index in [9.17, 15) is 10.1 Å². The second kappa shape index (κ2) is 8.24. The van der Waals surface area contributed by atoms with Crippen molar-refractivity contribution in [3.05, 3.63) is 65.4 Å². The lowest BCUT2D eigenvalue weighted by molar-refractivity contribution is -0.112. The van der Waals surface area contributed by atoms with E-state index in [1.54, 1.807) is 24.3 Å². The molecule has 3 rings (SSSR count). The van der Waals surface area contributed by atoms with Crippen molar-refractivity contribution in [3.8, 4) is 11.8 Å². The maximum Gasteiger partial charge on any atom is 0.266 e. The summed E-state index contributed by atoms with van der Waals surface area (Å²) in [6, 6.07) is 16.7. The molecule has 0 aliphatic heterocycles. The minimum Gasteiger partial charge on any atom is -0.492 e. The van der Waals surface area contributed by atoms with Gasteiger partial charge < -0.3 is 14.5 Å². The first-order valence-electron chi connectivity index (χ1n) is 8.83. The van der Waals surface area contributed by atoms with Gasteiger partial charge in [0.15, 0.2) is 0 Å². The van der Waals surface area contributed by atoms with Crippen molar-refractivity contribution in [2.24, 2.45) is 0 Å². The number of carbonyl (C=O) groups excluding carboxylic acids is 1. The van der Waals surface area contributed by atoms with Crippen LogP contribution < -0.4 is 10.1 Å². The van der Waals surface area contributed by atoms with Gasteiger partial charge in [-0.2, -0.15) is 5.26 Å². The van der Waals surface area contributed by atoms with E-state index in [0.29, 0.717) is 24.5 Å². The van der Waals surface area contributed by atoms with Crippen LogP contribution in [0.2, 0.25) is 0 Å². The number of hydrogen-bond donors (Lipinski definition) is 1. The van der Waals surface area contributed by atoms with Gasteiger partial charge in [-0.15, -0.1) is 0 Å². The molecular formula is C22H20N2O3. The molecule has 0 aliphatic carbocycles. The smallest absolute Gasteiger partial charge is 0.266 e. The zero-order valence-electron chi connectivity index (χ0n) is 15.3. The average Bonchev–Trinajstić information content (AvgIpc) is 3.05. The fraction of sp³-hybridized carbons (Fsp3) is 0.182. The van der Waals surface area contributed by atoms with E-state index < -0.39 is 5.91 Å². The van der Waals surface area contributed by atoms with Crippen molar-refractivity contribution in [1.29, 1.82) is 5.26 Å². The Bertz CT molecular complexity index is 1040. The summed E-state index contributed by atoms with van der Waals surface area (Å²) in [5.74, 6) is 0.817. The second-order valence-electron chi connectivity index (χ2n) is 5.84. The molecule has 1 aromatic heterocycles. The van der Waals surface area contributed by atoms with Crippen LogP contribution in [0.3, 0.4) is 0 Å². The van der Waals surface area contributed by atoms with Gasteiger partial charge in [0, 0.05) is 17.4 Å². The van der Waals surface area contributed by atoms with E-state index in [2.05, 4.69) is 5.32 Å². The molecule has 27 heavy (non-hydrogen) atoms. The van der Waals surface area contributed by atoms with Crippen LogP contribution in [-0.2, 0) is 11.2 Å². The van der Waals surface area contributed by atoms with Crippen molar-refractivity contribution in [3.63, 3.8) is 0 Å². The summed E-state index contributed by atoms with van der Waals surface area (Å²) in [4.78, 5) is 12.7. The lowest BCUT2D eigenvalue weighted by Crippen LogP contribution is -2.14. The van der Waals surface area contributed by atoms with E-state index in [4.69, 9.17) is 9.15 Å². The van der Waals surface area contributed by atoms with Crippen LogP contribution in [0.15, 0.2) is 58.5 Å². The van der Waals surface area contributed by atoms with Gasteiger partial charge in [0.25, 0.3) is 5.91 Å². The van der Waals surface area contributed by atoms with Gasteiger partial charge in [-0.25, -0.2) is 0 Å². The molecule has 0 unspecified atom stereocenters. The van der Waals surface area contributed by atoms with Gasteiger partial charge in [0.2, 0.25) is 0 Å². The van der Waals surface area contributed by atoms with Crippen molar-refractivity contribution >= 4 is 28.6 Å². The zero-order valence-corrected chi connectivity index (χ0v) is 15.3. The van der Waals surface area contributed by atoms with Crippen molar-refractivity contribution < 1.29 is 13.9 Å². The molecule has 0 saturated heterocycles. The summed E-state index contributed by atoms with van der Waals surface area (Å²) in [6.45, 7) is 4.32. The largest absolute Gasteiger partial charge is 0.492 e. The molecule has 0 aliphatic rings. The molecule has 136 valence electrons. The molecule has 5 nitrogen and oxygen atoms in total. The van der Waals surface area contributed by atoms with Gasteiger partial charge in [-0.3, -0.25) is 4.79 Å². The highest BCUT2D eigenvalue weighted by Gasteiger charge is 2.16. The summed E-state index contributed by atoms with van der Waals surface area (Å²) in [7, 11) is 0. The SMILES string of the molecule is CCOc1ccccc1NC(=O)/C(C#N)=C/c1c(CC)oc2ccccc12. The molecule has 1 N–H and O–H groups in total. The number of nitriles is 1. The Morgan fingerprint density at radius 3 is 2.67 bits per heavy atom. The average molecular weight is 360 g/mol. The fourth-order valence-electron chi connectivity index (χ4n) is 2.87. The summed E-state index contributed by atoms with van der Waals surface area (Å²) < 4.78 is 11.4. The number of nitrogens with zero attached hydrogens (tertiary/aromatic N) is 1. The predicted molar refractivity (Wildman–Crippen MR) is 105 cm³/mol. The number of fused-ring (bicyclic) bond motifs is 1. The molecule has 0 radical (unpaired) electrons. The highest BCUT2D eigenvalue weighted by molar-refractivity contribution is 6.11. The third-order valence-electron chi connectivity index (χ3n) is 4.12. The molecule has 2 aromatic carbocycles. The molecule has 1 heterocycles. The number of para-hydroxylation sites is 3. The van der Waals surface area contributed by atoms with Crippen LogP contribution in [0, 0.1) is 11.3 Å². The normalized spacial score (nSPS) is 11.2. The number of ether oxygens (including phenoxy) is 1. The highest BCUT2D eigenvalue weighted by atomic mass is 16.5. The third-order valence-corrected chi connectivity index (χ3v) is 4.12. The van der Waals surface area contributed by atoms with Crippen LogP contribution in [0.5, 0.6) is 5.75 Å². The van der Waals surface area contributed by atoms with Gasteiger partial charge in [0.1, 0.15) is 28.7 Å². The summed E-state index contributed by atoms with van der Waals surface area (Å²) >= 11 is 0. The predicted octanol–water partition coefficient (Wildman–Crippen LogP) is 4.94. The lowest BCUT2D eigenvalue weighted by atomic mass is 10.1. The molecule has 3 aromatic rings. The van der Waals surface area contributed by atoms with E-state index >= 15 is 0 Å². The Morgan fingerprint density at radius 1 is 1.19 bits per heavy atom. The number of furan rings is 1. The Labute approximate surface area is 157 Å². The van der Waals surface area contributed by atoms with E-state index in [0.717, 1.165) is 22.3 Å². The monoisotopic (exact) mass is 360 g/mol. The van der Waals surface area contributed by atoms with E-state index in [1.165, 1.54) is 0 Å². The lowest BCUT2D eigenvalue weighted by Gasteiger charge is -2.10. The van der Waals surface area contributed by atoms with Crippen LogP contribution >= 0.6 is 0 Å². The van der Waals surface area contributed by atoms with Crippen LogP contribution in [0.25, 0.3) is 17.0 Å². The fourth-order valence-corrected chi connectivity index (χ4v) is 2.87. The first kappa shape index (κ1) is 18.3. The van der Waals surface area contributed by atoms with Gasteiger partial charge in [-0.1, -0.05) is 37.3 Å². The van der Waals surface area contributed by atoms with Gasteiger partial charge in [-0.05, 0) is 31.2 Å². The minimum atomic E-state index is -0.489. The molecule has 0 fully saturated rings. The number of anilines is 1. The quantitative estimate of drug-likeness (QED) is 0.499. The summed E-state index contributed by atoms with van der Waals surface area (Å²) in [6.07, 6.45) is 2.25. The Balaban J connectivity index is 1.96. The van der Waals surface area contributed by atoms with Crippen LogP contribution in [0.1, 0.15) is 25.2 Å². The number of aryl methyl sites for hydroxylation is 1. The minimum absolute atomic E-state index is 0.00237. The second-order valence-corrected chi connectivity index (χ2v) is 5.84. The van der Waals surface area contributed by atoms with Crippen LogP contribution in [-0.4, -0.2) is 12.5 Å². The standard InChI is InChI=1S/C22H20N2O3/c1-3-19-17(16-9-5-7-11-20(16)27-19)13-15(14-23)22(25)24-18-10-6-8-12-21(18)26-4-2/h5-13H,3-4H2,1-2H3,(H,24,25)/b15-13+. The topological polar surface area (TPSA) is 75.3 Å². The Hall–Kier alpha value is -3.52. The zero-order chi connectivity index (χ0) is 19.2. The van der Waals surface area contributed by atoms with Crippen LogP contribution in [0.4, 0.5) is 5.69 Å². The molecule has 5 heteroatoms. The van der Waals surface area contributed by atoms with Crippen molar-refractivity contribution in [1.82, 2.24) is 0 Å². The molecule has 0 bridgehead atoms. The Morgan fingerprint density at radius 2 is 1.93 bits per heavy atom. The number of hydrogen-bond acceptors (Lipinski definition) is 4. The van der Waals surface area contributed by atoms with Gasteiger partial charge in [0.05, 0.1) is 12.3 Å². The van der Waals surface area contributed by atoms with E-state index in [-0.39, 0.29) is 5.57 Å². The molecular weight excluding hydrogens is 340 g/mol. The number of rotatable bonds is 6. The maximum atomic E-state index is 12.7. The first-order valence-corrected chi connectivity index (χ1v) is 8.83. The number of benzene rings is 2. The summed E-state index contributed by atoms with van der Waals surface area (Å²) in [5, 5.41) is 13.2. The third kappa shape index (κ3) is 3.85. The molecule has 0 saturated carbocycles. The van der Waals surface area contributed by atoms with Crippen molar-refractivity contribution in [2.75, 3.05) is 11.9 Å². The molecule has 0 spiro atoms. The number of nitrogens with one attached hydrogen (secondary N) is 1. The highest BCUT2D eigenvalue weighted by Crippen LogP contribution is 2.29. The molecule has 1 amide bonds. The first-order chi connectivity index (χ1) is 13.2. The Kier molecular flexibility index (Phi) is 5.58. The van der Waals surface area contributed by atoms with Gasteiger partial charge >= 0.3 is 0 Å². The van der Waals surface area contributed by atoms with Crippen molar-refractivity contribution in [2.45, 2.75) is 20.3 Å². The number of carbonyl (C=O) groups is 1. The maximum absolute atomic E-state index is 12.7. The van der Waals surface area contributed by atoms with E-state index in [1.807, 2.05) is 50.2 Å². The summed E-state index contributed by atoms with van der Waals surface area (Å²) in [5.41, 5.74) is 2.03. The number of amides is 1.